The van der Waals surface area contributed by atoms with Gasteiger partial charge in [0, 0.05) is 17.6 Å². The molecule has 0 aliphatic carbocycles. The molecule has 0 saturated heterocycles. The number of halogens is 2. The number of pyridine rings is 1. The Kier molecular flexibility index (Phi) is 1.70. The quantitative estimate of drug-likeness (QED) is 0.608. The summed E-state index contributed by atoms with van der Waals surface area (Å²) in [5.74, 6) is -0.505. The van der Waals surface area contributed by atoms with Crippen LogP contribution < -0.4 is 0 Å². The van der Waals surface area contributed by atoms with Gasteiger partial charge in [-0.15, -0.1) is 0 Å². The Morgan fingerprint density at radius 3 is 3.17 bits per heavy atom. The van der Waals surface area contributed by atoms with Gasteiger partial charge < -0.3 is 0 Å². The third kappa shape index (κ3) is 1.04. The smallest absolute Gasteiger partial charge is 0.168 e. The molecular formula is C9H4ClFN. The number of nitrogens with zero attached hydrogens (tertiary/aromatic N) is 1. The summed E-state index contributed by atoms with van der Waals surface area (Å²) in [4.78, 5) is 3.86. The highest BCUT2D eigenvalue weighted by molar-refractivity contribution is 6.31. The molecule has 0 N–H and O–H groups in total. The van der Waals surface area contributed by atoms with E-state index in [2.05, 4.69) is 11.1 Å². The van der Waals surface area contributed by atoms with E-state index in [0.717, 1.165) is 0 Å². The first-order valence-corrected chi connectivity index (χ1v) is 3.77. The van der Waals surface area contributed by atoms with Crippen LogP contribution in [0.25, 0.3) is 10.9 Å². The lowest BCUT2D eigenvalue weighted by atomic mass is 10.2. The molecule has 3 heteroatoms. The molecule has 0 fully saturated rings. The molecule has 0 bridgehead atoms. The van der Waals surface area contributed by atoms with Crippen molar-refractivity contribution in [2.24, 2.45) is 0 Å². The summed E-state index contributed by atoms with van der Waals surface area (Å²) < 4.78 is 13.2. The van der Waals surface area contributed by atoms with Crippen molar-refractivity contribution < 1.29 is 4.39 Å². The van der Waals surface area contributed by atoms with Crippen molar-refractivity contribution >= 4 is 22.5 Å². The lowest BCUT2D eigenvalue weighted by molar-refractivity contribution is 0.637. The van der Waals surface area contributed by atoms with Crippen molar-refractivity contribution in [3.05, 3.63) is 41.3 Å². The van der Waals surface area contributed by atoms with Gasteiger partial charge in [0.2, 0.25) is 0 Å². The van der Waals surface area contributed by atoms with Gasteiger partial charge in [0.05, 0.1) is 5.02 Å². The Balaban J connectivity index is 2.91. The molecule has 1 heterocycles. The van der Waals surface area contributed by atoms with Gasteiger partial charge in [-0.25, -0.2) is 4.39 Å². The van der Waals surface area contributed by atoms with E-state index < -0.39 is 5.82 Å². The summed E-state index contributed by atoms with van der Waals surface area (Å²) in [6.07, 6.45) is 1.53. The van der Waals surface area contributed by atoms with Crippen LogP contribution in [0.1, 0.15) is 0 Å². The highest BCUT2D eigenvalue weighted by Crippen LogP contribution is 2.21. The molecule has 0 aliphatic heterocycles. The number of hydrogen-bond donors (Lipinski definition) is 0. The summed E-state index contributed by atoms with van der Waals surface area (Å²) >= 11 is 5.52. The summed E-state index contributed by atoms with van der Waals surface area (Å²) in [5.41, 5.74) is 0.293. The lowest BCUT2D eigenvalue weighted by Crippen LogP contribution is -1.84. The molecular weight excluding hydrogens is 177 g/mol. The third-order valence-electron chi connectivity index (χ3n) is 1.59. The van der Waals surface area contributed by atoms with E-state index in [4.69, 9.17) is 11.6 Å². The maximum absolute atomic E-state index is 13.2. The molecule has 0 unspecified atom stereocenters. The minimum absolute atomic E-state index is 0.0128. The van der Waals surface area contributed by atoms with Gasteiger partial charge >= 0.3 is 0 Å². The Morgan fingerprint density at radius 2 is 2.33 bits per heavy atom. The minimum Gasteiger partial charge on any atom is -0.253 e. The van der Waals surface area contributed by atoms with Gasteiger partial charge in [-0.1, -0.05) is 17.7 Å². The Morgan fingerprint density at radius 1 is 1.50 bits per heavy atom. The second kappa shape index (κ2) is 2.72. The van der Waals surface area contributed by atoms with Crippen molar-refractivity contribution in [2.45, 2.75) is 0 Å². The standard InChI is InChI=1S/C9H4ClFN/c10-7-4-3-6-2-1-5-12-9(6)8(7)11/h1-3,5H. The van der Waals surface area contributed by atoms with E-state index in [9.17, 15) is 4.39 Å². The number of rotatable bonds is 0. The summed E-state index contributed by atoms with van der Waals surface area (Å²) in [5, 5.41) is 0.695. The van der Waals surface area contributed by atoms with E-state index in [1.807, 2.05) is 0 Å². The molecule has 2 rings (SSSR count). The van der Waals surface area contributed by atoms with Crippen LogP contribution in [0.4, 0.5) is 4.39 Å². The molecule has 1 nitrogen and oxygen atoms in total. The molecule has 0 aliphatic rings. The molecule has 1 aromatic heterocycles. The van der Waals surface area contributed by atoms with E-state index in [-0.39, 0.29) is 5.02 Å². The van der Waals surface area contributed by atoms with Gasteiger partial charge in [-0.2, -0.15) is 0 Å². The third-order valence-corrected chi connectivity index (χ3v) is 1.87. The van der Waals surface area contributed by atoms with Crippen molar-refractivity contribution in [3.63, 3.8) is 0 Å². The van der Waals surface area contributed by atoms with Gasteiger partial charge in [0.1, 0.15) is 5.52 Å². The summed E-state index contributed by atoms with van der Waals surface area (Å²) in [7, 11) is 0. The maximum Gasteiger partial charge on any atom is 0.168 e. The van der Waals surface area contributed by atoms with Crippen LogP contribution in [-0.2, 0) is 0 Å². The summed E-state index contributed by atoms with van der Waals surface area (Å²) in [6, 6.07) is 7.71. The Hall–Kier alpha value is -1.15. The fourth-order valence-corrected chi connectivity index (χ4v) is 1.17. The zero-order valence-electron chi connectivity index (χ0n) is 6.01. The van der Waals surface area contributed by atoms with Gasteiger partial charge in [-0.05, 0) is 12.1 Å². The average Bonchev–Trinajstić information content (AvgIpc) is 2.12. The van der Waals surface area contributed by atoms with Crippen molar-refractivity contribution in [1.29, 1.82) is 0 Å². The lowest BCUT2D eigenvalue weighted by Gasteiger charge is -1.97. The van der Waals surface area contributed by atoms with Gasteiger partial charge in [-0.3, -0.25) is 4.98 Å². The van der Waals surface area contributed by atoms with Crippen LogP contribution in [0.5, 0.6) is 0 Å². The number of fused-ring (bicyclic) bond motifs is 1. The number of hydrogen-bond acceptors (Lipinski definition) is 1. The first-order valence-electron chi connectivity index (χ1n) is 3.39. The second-order valence-corrected chi connectivity index (χ2v) is 2.74. The monoisotopic (exact) mass is 180 g/mol. The molecule has 1 aromatic carbocycles. The van der Waals surface area contributed by atoms with E-state index in [1.54, 1.807) is 18.2 Å². The highest BCUT2D eigenvalue weighted by Gasteiger charge is 2.05. The molecule has 2 aromatic rings. The van der Waals surface area contributed by atoms with E-state index >= 15 is 0 Å². The fraction of sp³-hybridized carbons (Fsp3) is 0. The number of benzene rings is 1. The molecule has 0 saturated carbocycles. The van der Waals surface area contributed by atoms with Crippen LogP contribution >= 0.6 is 11.6 Å². The SMILES string of the molecule is Fc1c(Cl)[c]cc2cccnc12. The van der Waals surface area contributed by atoms with Crippen LogP contribution in [0.3, 0.4) is 0 Å². The zero-order chi connectivity index (χ0) is 8.55. The van der Waals surface area contributed by atoms with Crippen molar-refractivity contribution in [1.82, 2.24) is 4.98 Å². The molecule has 1 radical (unpaired) electrons. The van der Waals surface area contributed by atoms with Crippen LogP contribution in [0.2, 0.25) is 5.02 Å². The second-order valence-electron chi connectivity index (χ2n) is 2.36. The van der Waals surface area contributed by atoms with Crippen molar-refractivity contribution in [3.8, 4) is 0 Å². The average molecular weight is 181 g/mol. The predicted octanol–water partition coefficient (Wildman–Crippen LogP) is 2.83. The first kappa shape index (κ1) is 7.50. The first-order chi connectivity index (χ1) is 5.79. The van der Waals surface area contributed by atoms with Crippen molar-refractivity contribution in [2.75, 3.05) is 0 Å². The van der Waals surface area contributed by atoms with Crippen LogP contribution in [0, 0.1) is 11.9 Å². The molecule has 59 valence electrons. The topological polar surface area (TPSA) is 12.9 Å². The summed E-state index contributed by atoms with van der Waals surface area (Å²) in [6.45, 7) is 0. The van der Waals surface area contributed by atoms with Gasteiger partial charge in [0.15, 0.2) is 5.82 Å². The predicted molar refractivity (Wildman–Crippen MR) is 45.5 cm³/mol. The molecule has 0 spiro atoms. The Bertz CT molecular complexity index is 428. The Labute approximate surface area is 73.8 Å². The molecule has 0 atom stereocenters. The normalized spacial score (nSPS) is 10.5. The molecule has 0 amide bonds. The van der Waals surface area contributed by atoms with Crippen LogP contribution in [0.15, 0.2) is 24.4 Å². The highest BCUT2D eigenvalue weighted by atomic mass is 35.5. The molecule has 12 heavy (non-hydrogen) atoms. The van der Waals surface area contributed by atoms with Crippen LogP contribution in [-0.4, -0.2) is 4.98 Å². The number of aromatic nitrogens is 1. The largest absolute Gasteiger partial charge is 0.253 e. The fourth-order valence-electron chi connectivity index (χ4n) is 1.03. The zero-order valence-corrected chi connectivity index (χ0v) is 6.77. The minimum atomic E-state index is -0.505. The van der Waals surface area contributed by atoms with E-state index in [0.29, 0.717) is 10.9 Å². The van der Waals surface area contributed by atoms with Gasteiger partial charge in [0.25, 0.3) is 0 Å². The maximum atomic E-state index is 13.2. The van der Waals surface area contributed by atoms with E-state index in [1.165, 1.54) is 6.20 Å².